The topological polar surface area (TPSA) is 47.1 Å². The molecule has 1 aromatic heterocycles. The molecule has 17 heavy (non-hydrogen) atoms. The molecule has 0 aromatic carbocycles. The number of thioether (sulfide) groups is 1. The number of hydrogen-bond acceptors (Lipinski definition) is 4. The minimum absolute atomic E-state index is 0.543. The molecule has 1 fully saturated rings. The van der Waals surface area contributed by atoms with E-state index < -0.39 is 0 Å². The van der Waals surface area contributed by atoms with Gasteiger partial charge < -0.3 is 10.6 Å². The first-order valence-corrected chi connectivity index (χ1v) is 7.46. The molecule has 96 valence electrons. The van der Waals surface area contributed by atoms with Crippen molar-refractivity contribution < 1.29 is 0 Å². The first-order chi connectivity index (χ1) is 8.15. The van der Waals surface area contributed by atoms with Gasteiger partial charge in [0.05, 0.1) is 11.4 Å². The highest BCUT2D eigenvalue weighted by atomic mass is 32.2. The maximum atomic E-state index is 6.25. The van der Waals surface area contributed by atoms with Crippen molar-refractivity contribution in [3.8, 4) is 0 Å². The number of nitrogens with two attached hydrogens (primary N) is 1. The van der Waals surface area contributed by atoms with Crippen molar-refractivity contribution in [2.24, 2.45) is 7.05 Å². The first-order valence-electron chi connectivity index (χ1n) is 6.30. The zero-order valence-corrected chi connectivity index (χ0v) is 11.8. The fourth-order valence-corrected chi connectivity index (χ4v) is 3.40. The average molecular weight is 254 g/mol. The van der Waals surface area contributed by atoms with Crippen LogP contribution in [0.4, 0.5) is 11.5 Å². The van der Waals surface area contributed by atoms with Crippen LogP contribution in [0, 0.1) is 0 Å². The van der Waals surface area contributed by atoms with Crippen LogP contribution in [0.3, 0.4) is 0 Å². The van der Waals surface area contributed by atoms with Gasteiger partial charge in [-0.1, -0.05) is 13.3 Å². The van der Waals surface area contributed by atoms with Crippen LogP contribution in [0.2, 0.25) is 0 Å². The van der Waals surface area contributed by atoms with Gasteiger partial charge in [-0.15, -0.1) is 0 Å². The van der Waals surface area contributed by atoms with Gasteiger partial charge in [-0.2, -0.15) is 16.9 Å². The van der Waals surface area contributed by atoms with Gasteiger partial charge in [0, 0.05) is 31.1 Å². The molecule has 1 aliphatic rings. The van der Waals surface area contributed by atoms with Gasteiger partial charge in [-0.25, -0.2) is 0 Å². The normalized spacial score (nSPS) is 20.9. The standard InChI is InChI=1S/C12H22N4S/c1-4-5-10-11(13)12(15(3)14-10)16-6-7-17-8-9(16)2/h9H,4-8,13H2,1-3H3. The number of aromatic nitrogens is 2. The zero-order chi connectivity index (χ0) is 12.4. The maximum Gasteiger partial charge on any atom is 0.150 e. The van der Waals surface area contributed by atoms with E-state index in [1.807, 2.05) is 23.5 Å². The van der Waals surface area contributed by atoms with Crippen molar-refractivity contribution in [1.82, 2.24) is 9.78 Å². The summed E-state index contributed by atoms with van der Waals surface area (Å²) in [5, 5.41) is 4.55. The van der Waals surface area contributed by atoms with Crippen molar-refractivity contribution >= 4 is 23.3 Å². The lowest BCUT2D eigenvalue weighted by Gasteiger charge is -2.34. The summed E-state index contributed by atoms with van der Waals surface area (Å²) >= 11 is 2.02. The third-order valence-electron chi connectivity index (χ3n) is 3.26. The molecule has 1 unspecified atom stereocenters. The van der Waals surface area contributed by atoms with E-state index in [9.17, 15) is 0 Å². The van der Waals surface area contributed by atoms with Crippen molar-refractivity contribution in [2.75, 3.05) is 28.7 Å². The predicted molar refractivity (Wildman–Crippen MR) is 75.7 cm³/mol. The second kappa shape index (κ2) is 5.21. The molecule has 0 saturated carbocycles. The SMILES string of the molecule is CCCc1nn(C)c(N2CCSCC2C)c1N. The van der Waals surface area contributed by atoms with Gasteiger partial charge in [0.1, 0.15) is 0 Å². The van der Waals surface area contributed by atoms with Crippen LogP contribution in [0.1, 0.15) is 26.0 Å². The molecule has 0 radical (unpaired) electrons. The Morgan fingerprint density at radius 2 is 2.29 bits per heavy atom. The predicted octanol–water partition coefficient (Wildman–Crippen LogP) is 1.90. The van der Waals surface area contributed by atoms with Crippen molar-refractivity contribution in [1.29, 1.82) is 0 Å². The van der Waals surface area contributed by atoms with Gasteiger partial charge in [0.25, 0.3) is 0 Å². The molecule has 0 amide bonds. The van der Waals surface area contributed by atoms with E-state index in [1.54, 1.807) is 0 Å². The van der Waals surface area contributed by atoms with Crippen LogP contribution >= 0.6 is 11.8 Å². The second-order valence-electron chi connectivity index (χ2n) is 4.67. The molecule has 1 saturated heterocycles. The largest absolute Gasteiger partial charge is 0.394 e. The Labute approximate surface area is 108 Å². The summed E-state index contributed by atoms with van der Waals surface area (Å²) < 4.78 is 1.95. The summed E-state index contributed by atoms with van der Waals surface area (Å²) in [5.41, 5.74) is 8.19. The third-order valence-corrected chi connectivity index (χ3v) is 4.44. The molecule has 2 rings (SSSR count). The van der Waals surface area contributed by atoms with Gasteiger partial charge in [0.2, 0.25) is 0 Å². The van der Waals surface area contributed by atoms with Crippen LogP contribution in [-0.4, -0.2) is 33.9 Å². The number of nitrogen functional groups attached to an aromatic ring is 1. The Balaban J connectivity index is 2.30. The summed E-state index contributed by atoms with van der Waals surface area (Å²) in [4.78, 5) is 2.40. The molecular formula is C12H22N4S. The van der Waals surface area contributed by atoms with Gasteiger partial charge in [-0.05, 0) is 13.3 Å². The van der Waals surface area contributed by atoms with Gasteiger partial charge in [-0.3, -0.25) is 4.68 Å². The van der Waals surface area contributed by atoms with E-state index in [0.29, 0.717) is 6.04 Å². The van der Waals surface area contributed by atoms with E-state index >= 15 is 0 Å². The maximum absolute atomic E-state index is 6.25. The van der Waals surface area contributed by atoms with Crippen LogP contribution in [-0.2, 0) is 13.5 Å². The molecule has 2 N–H and O–H groups in total. The quantitative estimate of drug-likeness (QED) is 0.895. The molecule has 0 spiro atoms. The fraction of sp³-hybridized carbons (Fsp3) is 0.750. The van der Waals surface area contributed by atoms with Crippen molar-refractivity contribution in [3.05, 3.63) is 5.69 Å². The smallest absolute Gasteiger partial charge is 0.150 e. The summed E-state index contributed by atoms with van der Waals surface area (Å²) in [6, 6.07) is 0.543. The molecule has 1 atom stereocenters. The number of hydrogen-bond donors (Lipinski definition) is 1. The number of anilines is 2. The average Bonchev–Trinajstić information content (AvgIpc) is 2.57. The molecule has 0 bridgehead atoms. The Hall–Kier alpha value is -0.840. The van der Waals surface area contributed by atoms with Gasteiger partial charge >= 0.3 is 0 Å². The number of nitrogens with zero attached hydrogens (tertiary/aromatic N) is 3. The Bertz CT molecular complexity index is 388. The lowest BCUT2D eigenvalue weighted by molar-refractivity contribution is 0.645. The summed E-state index contributed by atoms with van der Waals surface area (Å²) in [7, 11) is 2.00. The Kier molecular flexibility index (Phi) is 3.86. The second-order valence-corrected chi connectivity index (χ2v) is 5.82. The molecule has 5 heteroatoms. The molecule has 0 aliphatic carbocycles. The minimum atomic E-state index is 0.543. The van der Waals surface area contributed by atoms with Crippen LogP contribution in [0.15, 0.2) is 0 Å². The molecule has 1 aromatic rings. The van der Waals surface area contributed by atoms with E-state index in [-0.39, 0.29) is 0 Å². The number of rotatable bonds is 3. The fourth-order valence-electron chi connectivity index (χ4n) is 2.39. The summed E-state index contributed by atoms with van der Waals surface area (Å²) in [5.74, 6) is 3.47. The third kappa shape index (κ3) is 2.39. The summed E-state index contributed by atoms with van der Waals surface area (Å²) in [6.07, 6.45) is 2.06. The minimum Gasteiger partial charge on any atom is -0.394 e. The molecule has 2 heterocycles. The van der Waals surface area contributed by atoms with E-state index in [4.69, 9.17) is 5.73 Å². The highest BCUT2D eigenvalue weighted by molar-refractivity contribution is 7.99. The van der Waals surface area contributed by atoms with E-state index in [0.717, 1.165) is 36.6 Å². The van der Waals surface area contributed by atoms with E-state index in [1.165, 1.54) is 11.5 Å². The highest BCUT2D eigenvalue weighted by Gasteiger charge is 2.25. The van der Waals surface area contributed by atoms with Gasteiger partial charge in [0.15, 0.2) is 5.82 Å². The lowest BCUT2D eigenvalue weighted by atomic mass is 10.2. The monoisotopic (exact) mass is 254 g/mol. The van der Waals surface area contributed by atoms with E-state index in [2.05, 4.69) is 23.8 Å². The first kappa shape index (κ1) is 12.6. The molecule has 1 aliphatic heterocycles. The Morgan fingerprint density at radius 3 is 2.94 bits per heavy atom. The number of aryl methyl sites for hydroxylation is 2. The summed E-state index contributed by atoms with van der Waals surface area (Å²) in [6.45, 7) is 5.49. The van der Waals surface area contributed by atoms with Crippen LogP contribution in [0.25, 0.3) is 0 Å². The van der Waals surface area contributed by atoms with Crippen molar-refractivity contribution in [2.45, 2.75) is 32.7 Å². The lowest BCUT2D eigenvalue weighted by Crippen LogP contribution is -2.41. The molecular weight excluding hydrogens is 232 g/mol. The Morgan fingerprint density at radius 1 is 1.53 bits per heavy atom. The van der Waals surface area contributed by atoms with Crippen molar-refractivity contribution in [3.63, 3.8) is 0 Å². The van der Waals surface area contributed by atoms with Crippen LogP contribution < -0.4 is 10.6 Å². The zero-order valence-electron chi connectivity index (χ0n) is 10.9. The molecule has 4 nitrogen and oxygen atoms in total. The highest BCUT2D eigenvalue weighted by Crippen LogP contribution is 2.31. The van der Waals surface area contributed by atoms with Crippen LogP contribution in [0.5, 0.6) is 0 Å².